The summed E-state index contributed by atoms with van der Waals surface area (Å²) in [7, 11) is 1.70. The molecule has 0 aliphatic carbocycles. The fraction of sp³-hybridized carbons (Fsp3) is 0.467. The maximum atomic E-state index is 11.9. The Morgan fingerprint density at radius 3 is 2.41 bits per heavy atom. The number of hydrogen-bond acceptors (Lipinski definition) is 3. The third kappa shape index (κ3) is 7.28. The van der Waals surface area contributed by atoms with Crippen molar-refractivity contribution >= 4 is 23.5 Å². The van der Waals surface area contributed by atoms with Crippen molar-refractivity contribution in [3.05, 3.63) is 34.9 Å². The van der Waals surface area contributed by atoms with E-state index in [2.05, 4.69) is 20.9 Å². The number of ether oxygens (including phenoxy) is 1. The van der Waals surface area contributed by atoms with E-state index in [-0.39, 0.29) is 5.91 Å². The first kappa shape index (κ1) is 18.3. The topological polar surface area (TPSA) is 74.8 Å². The van der Waals surface area contributed by atoms with E-state index in [1.807, 2.05) is 6.92 Å². The lowest BCUT2D eigenvalue weighted by molar-refractivity contribution is 0.0954. The van der Waals surface area contributed by atoms with Gasteiger partial charge >= 0.3 is 0 Å². The minimum atomic E-state index is -0.127. The largest absolute Gasteiger partial charge is 0.380 e. The number of halogens is 1. The molecule has 122 valence electrons. The fourth-order valence-corrected chi connectivity index (χ4v) is 1.79. The van der Waals surface area contributed by atoms with Gasteiger partial charge in [-0.1, -0.05) is 11.6 Å². The number of nitrogens with one attached hydrogen (secondary N) is 3. The van der Waals surface area contributed by atoms with Crippen LogP contribution in [0.4, 0.5) is 0 Å². The third-order valence-electron chi connectivity index (χ3n) is 2.78. The van der Waals surface area contributed by atoms with Crippen LogP contribution in [-0.2, 0) is 4.74 Å². The van der Waals surface area contributed by atoms with Crippen LogP contribution in [0.1, 0.15) is 17.3 Å². The van der Waals surface area contributed by atoms with Crippen LogP contribution in [0.2, 0.25) is 5.02 Å². The molecule has 0 atom stereocenters. The molecule has 6 nitrogen and oxygen atoms in total. The molecule has 0 saturated carbocycles. The number of amides is 1. The van der Waals surface area contributed by atoms with Crippen molar-refractivity contribution in [1.29, 1.82) is 0 Å². The molecular formula is C15H23ClN4O2. The van der Waals surface area contributed by atoms with E-state index >= 15 is 0 Å². The molecule has 1 rings (SSSR count). The van der Waals surface area contributed by atoms with Crippen molar-refractivity contribution < 1.29 is 9.53 Å². The molecule has 0 aliphatic heterocycles. The first-order valence-electron chi connectivity index (χ1n) is 7.23. The summed E-state index contributed by atoms with van der Waals surface area (Å²) in [5.74, 6) is 0.554. The Morgan fingerprint density at radius 2 is 1.77 bits per heavy atom. The van der Waals surface area contributed by atoms with E-state index in [1.54, 1.807) is 31.3 Å². The lowest BCUT2D eigenvalue weighted by atomic mass is 10.2. The molecule has 1 amide bonds. The Labute approximate surface area is 136 Å². The molecule has 0 fully saturated rings. The molecular weight excluding hydrogens is 304 g/mol. The normalized spacial score (nSPS) is 11.1. The zero-order valence-electron chi connectivity index (χ0n) is 13.0. The second-order valence-electron chi connectivity index (χ2n) is 4.39. The van der Waals surface area contributed by atoms with Gasteiger partial charge in [0.25, 0.3) is 5.91 Å². The first-order chi connectivity index (χ1) is 10.7. The Hall–Kier alpha value is -1.79. The molecule has 0 radical (unpaired) electrons. The van der Waals surface area contributed by atoms with Gasteiger partial charge in [-0.05, 0) is 31.2 Å². The summed E-state index contributed by atoms with van der Waals surface area (Å²) in [4.78, 5) is 16.0. The summed E-state index contributed by atoms with van der Waals surface area (Å²) in [6.07, 6.45) is 0. The summed E-state index contributed by atoms with van der Waals surface area (Å²) >= 11 is 5.78. The Morgan fingerprint density at radius 1 is 1.14 bits per heavy atom. The minimum absolute atomic E-state index is 0.127. The molecule has 22 heavy (non-hydrogen) atoms. The maximum Gasteiger partial charge on any atom is 0.251 e. The third-order valence-corrected chi connectivity index (χ3v) is 3.03. The molecule has 1 aromatic carbocycles. The quantitative estimate of drug-likeness (QED) is 0.382. The van der Waals surface area contributed by atoms with Gasteiger partial charge in [0, 0.05) is 43.9 Å². The van der Waals surface area contributed by atoms with Crippen LogP contribution < -0.4 is 16.0 Å². The first-order valence-corrected chi connectivity index (χ1v) is 7.61. The van der Waals surface area contributed by atoms with Crippen molar-refractivity contribution in [1.82, 2.24) is 16.0 Å². The van der Waals surface area contributed by atoms with Crippen molar-refractivity contribution in [2.45, 2.75) is 6.92 Å². The van der Waals surface area contributed by atoms with Crippen molar-refractivity contribution in [2.75, 3.05) is 39.9 Å². The van der Waals surface area contributed by atoms with E-state index in [0.717, 1.165) is 0 Å². The summed E-state index contributed by atoms with van der Waals surface area (Å²) < 4.78 is 5.23. The molecule has 0 spiro atoms. The highest BCUT2D eigenvalue weighted by molar-refractivity contribution is 6.30. The summed E-state index contributed by atoms with van der Waals surface area (Å²) in [6.45, 7) is 5.04. The smallest absolute Gasteiger partial charge is 0.251 e. The van der Waals surface area contributed by atoms with Gasteiger partial charge in [-0.3, -0.25) is 9.79 Å². The number of nitrogens with zero attached hydrogens (tertiary/aromatic N) is 1. The fourth-order valence-electron chi connectivity index (χ4n) is 1.67. The highest BCUT2D eigenvalue weighted by atomic mass is 35.5. The summed E-state index contributed by atoms with van der Waals surface area (Å²) in [5.41, 5.74) is 0.587. The van der Waals surface area contributed by atoms with Crippen LogP contribution in [0.25, 0.3) is 0 Å². The van der Waals surface area contributed by atoms with Crippen LogP contribution in [0, 0.1) is 0 Å². The van der Waals surface area contributed by atoms with Crippen molar-refractivity contribution in [3.8, 4) is 0 Å². The Kier molecular flexibility index (Phi) is 9.02. The monoisotopic (exact) mass is 326 g/mol. The minimum Gasteiger partial charge on any atom is -0.380 e. The van der Waals surface area contributed by atoms with E-state index in [0.29, 0.717) is 49.4 Å². The average molecular weight is 327 g/mol. The van der Waals surface area contributed by atoms with Gasteiger partial charge in [-0.15, -0.1) is 0 Å². The number of hydrogen-bond donors (Lipinski definition) is 3. The average Bonchev–Trinajstić information content (AvgIpc) is 2.53. The SMILES string of the molecule is CCOCCNC(=NC)NCCNC(=O)c1ccc(Cl)cc1. The van der Waals surface area contributed by atoms with Gasteiger partial charge in [-0.25, -0.2) is 0 Å². The van der Waals surface area contributed by atoms with E-state index in [9.17, 15) is 4.79 Å². The predicted octanol–water partition coefficient (Wildman–Crippen LogP) is 1.27. The number of carbonyl (C=O) groups is 1. The van der Waals surface area contributed by atoms with Crippen LogP contribution in [0.5, 0.6) is 0 Å². The molecule has 7 heteroatoms. The zero-order chi connectivity index (χ0) is 16.2. The number of benzene rings is 1. The lowest BCUT2D eigenvalue weighted by Crippen LogP contribution is -2.42. The van der Waals surface area contributed by atoms with Gasteiger partial charge in [0.1, 0.15) is 0 Å². The van der Waals surface area contributed by atoms with Gasteiger partial charge in [-0.2, -0.15) is 0 Å². The maximum absolute atomic E-state index is 11.9. The summed E-state index contributed by atoms with van der Waals surface area (Å²) in [6, 6.07) is 6.77. The number of rotatable bonds is 8. The van der Waals surface area contributed by atoms with E-state index in [4.69, 9.17) is 16.3 Å². The van der Waals surface area contributed by atoms with E-state index < -0.39 is 0 Å². The van der Waals surface area contributed by atoms with E-state index in [1.165, 1.54) is 0 Å². The standard InChI is InChI=1S/C15H23ClN4O2/c1-3-22-11-10-20-15(17-2)19-9-8-18-14(21)12-4-6-13(16)7-5-12/h4-7H,3,8-11H2,1-2H3,(H,18,21)(H2,17,19,20). The second-order valence-corrected chi connectivity index (χ2v) is 4.82. The molecule has 0 bridgehead atoms. The predicted molar refractivity (Wildman–Crippen MR) is 89.6 cm³/mol. The Balaban J connectivity index is 2.20. The van der Waals surface area contributed by atoms with Crippen LogP contribution >= 0.6 is 11.6 Å². The van der Waals surface area contributed by atoms with Gasteiger partial charge in [0.15, 0.2) is 5.96 Å². The molecule has 1 aromatic rings. The highest BCUT2D eigenvalue weighted by Crippen LogP contribution is 2.08. The summed E-state index contributed by atoms with van der Waals surface area (Å²) in [5, 5.41) is 9.66. The number of guanidine groups is 1. The lowest BCUT2D eigenvalue weighted by Gasteiger charge is -2.12. The molecule has 0 unspecified atom stereocenters. The van der Waals surface area contributed by atoms with Crippen molar-refractivity contribution in [2.24, 2.45) is 4.99 Å². The molecule has 0 heterocycles. The highest BCUT2D eigenvalue weighted by Gasteiger charge is 2.04. The van der Waals surface area contributed by atoms with Crippen LogP contribution in [-0.4, -0.2) is 51.8 Å². The molecule has 0 saturated heterocycles. The van der Waals surface area contributed by atoms with Crippen LogP contribution in [0.3, 0.4) is 0 Å². The van der Waals surface area contributed by atoms with Crippen molar-refractivity contribution in [3.63, 3.8) is 0 Å². The van der Waals surface area contributed by atoms with Gasteiger partial charge < -0.3 is 20.7 Å². The molecule has 0 aliphatic rings. The molecule has 0 aromatic heterocycles. The number of aliphatic imine (C=N–C) groups is 1. The molecule has 3 N–H and O–H groups in total. The van der Waals surface area contributed by atoms with Gasteiger partial charge in [0.05, 0.1) is 6.61 Å². The Bertz CT molecular complexity index is 477. The number of carbonyl (C=O) groups excluding carboxylic acids is 1. The van der Waals surface area contributed by atoms with Crippen LogP contribution in [0.15, 0.2) is 29.3 Å². The zero-order valence-corrected chi connectivity index (χ0v) is 13.7. The second kappa shape index (κ2) is 10.9. The van der Waals surface area contributed by atoms with Gasteiger partial charge in [0.2, 0.25) is 0 Å².